The first kappa shape index (κ1) is 15.4. The Morgan fingerprint density at radius 1 is 1.29 bits per heavy atom. The smallest absolute Gasteiger partial charge is 0.0704 e. The minimum Gasteiger partial charge on any atom is -0.379 e. The third-order valence-electron chi connectivity index (χ3n) is 3.71. The third-order valence-corrected chi connectivity index (χ3v) is 4.22. The average molecular weight is 352 g/mol. The van der Waals surface area contributed by atoms with Gasteiger partial charge in [-0.1, -0.05) is 48.4 Å². The second kappa shape index (κ2) is 8.48. The summed E-state index contributed by atoms with van der Waals surface area (Å²) in [5, 5.41) is 0. The minimum absolute atomic E-state index is 0.358. The summed E-state index contributed by atoms with van der Waals surface area (Å²) < 4.78 is 13.5. The molecule has 0 aromatic carbocycles. The molecule has 17 heavy (non-hydrogen) atoms. The maximum atomic E-state index is 6.05. The van der Waals surface area contributed by atoms with Gasteiger partial charge < -0.3 is 9.47 Å². The van der Waals surface area contributed by atoms with Crippen LogP contribution in [0.25, 0.3) is 0 Å². The molecule has 0 aliphatic heterocycles. The summed E-state index contributed by atoms with van der Waals surface area (Å²) in [6.07, 6.45) is 8.94. The van der Waals surface area contributed by atoms with Crippen molar-refractivity contribution in [3.8, 4) is 0 Å². The molecule has 1 saturated carbocycles. The van der Waals surface area contributed by atoms with Crippen LogP contribution < -0.4 is 0 Å². The Hall–Kier alpha value is 0.390. The highest BCUT2D eigenvalue weighted by Gasteiger charge is 2.36. The topological polar surface area (TPSA) is 18.5 Å². The Morgan fingerprint density at radius 2 is 2.00 bits per heavy atom. The highest BCUT2D eigenvalue weighted by Crippen LogP contribution is 2.43. The summed E-state index contributed by atoms with van der Waals surface area (Å²) in [7, 11) is 0. The molecule has 100 valence electrons. The van der Waals surface area contributed by atoms with E-state index in [-0.39, 0.29) is 0 Å². The van der Waals surface area contributed by atoms with Gasteiger partial charge in [0, 0.05) is 6.61 Å². The lowest BCUT2D eigenvalue weighted by Gasteiger charge is -2.33. The van der Waals surface area contributed by atoms with Gasteiger partial charge in [-0.3, -0.25) is 0 Å². The molecule has 1 atom stereocenters. The largest absolute Gasteiger partial charge is 0.379 e. The first-order chi connectivity index (χ1) is 8.23. The van der Waals surface area contributed by atoms with E-state index in [0.717, 1.165) is 26.2 Å². The van der Waals surface area contributed by atoms with Crippen molar-refractivity contribution in [1.29, 1.82) is 0 Å². The molecule has 0 saturated heterocycles. The van der Waals surface area contributed by atoms with Gasteiger partial charge in [0.25, 0.3) is 0 Å². The summed E-state index contributed by atoms with van der Waals surface area (Å²) in [6, 6.07) is 0. The number of rotatable bonds is 8. The molecule has 3 heteroatoms. The van der Waals surface area contributed by atoms with Crippen LogP contribution in [0, 0.1) is 5.41 Å². The van der Waals surface area contributed by atoms with Crippen molar-refractivity contribution in [1.82, 2.24) is 0 Å². The molecule has 0 aromatic rings. The fraction of sp³-hybridized carbons (Fsp3) is 0.857. The van der Waals surface area contributed by atoms with Crippen LogP contribution in [0.1, 0.15) is 46.0 Å². The lowest BCUT2D eigenvalue weighted by molar-refractivity contribution is -0.0502. The lowest BCUT2D eigenvalue weighted by atomic mass is 9.81. The molecule has 2 nitrogen and oxygen atoms in total. The molecule has 1 unspecified atom stereocenters. The van der Waals surface area contributed by atoms with Crippen molar-refractivity contribution in [2.24, 2.45) is 5.41 Å². The van der Waals surface area contributed by atoms with Crippen LogP contribution in [0.4, 0.5) is 0 Å². The molecule has 1 aliphatic rings. The van der Waals surface area contributed by atoms with E-state index in [1.807, 2.05) is 6.92 Å². The van der Waals surface area contributed by atoms with Crippen LogP contribution >= 0.6 is 22.6 Å². The highest BCUT2D eigenvalue weighted by molar-refractivity contribution is 14.1. The van der Waals surface area contributed by atoms with Crippen molar-refractivity contribution in [3.05, 3.63) is 10.2 Å². The molecule has 0 heterocycles. The fourth-order valence-electron chi connectivity index (χ4n) is 2.63. The van der Waals surface area contributed by atoms with Crippen LogP contribution in [0.5, 0.6) is 0 Å². The first-order valence-electron chi connectivity index (χ1n) is 6.67. The summed E-state index contributed by atoms with van der Waals surface area (Å²) in [4.78, 5) is 0. The van der Waals surface area contributed by atoms with Crippen molar-refractivity contribution >= 4 is 22.6 Å². The van der Waals surface area contributed by atoms with E-state index in [2.05, 4.69) is 39.7 Å². The van der Waals surface area contributed by atoms with Crippen LogP contribution in [-0.4, -0.2) is 25.9 Å². The molecule has 0 N–H and O–H groups in total. The number of ether oxygens (including phenoxy) is 2. The Balaban J connectivity index is 2.42. The molecule has 1 fully saturated rings. The van der Waals surface area contributed by atoms with E-state index < -0.39 is 0 Å². The molecule has 0 amide bonds. The molecule has 0 aromatic heterocycles. The molecule has 0 bridgehead atoms. The van der Waals surface area contributed by atoms with Gasteiger partial charge in [-0.05, 0) is 35.7 Å². The molecule has 0 spiro atoms. The van der Waals surface area contributed by atoms with E-state index in [4.69, 9.17) is 9.47 Å². The quantitative estimate of drug-likeness (QED) is 0.478. The van der Waals surface area contributed by atoms with E-state index in [0.29, 0.717) is 11.5 Å². The van der Waals surface area contributed by atoms with Crippen LogP contribution in [0.2, 0.25) is 0 Å². The van der Waals surface area contributed by atoms with Gasteiger partial charge in [0.05, 0.1) is 19.3 Å². The SMILES string of the molecule is CCOCCOC(CC=CI)C1(C)CCCC1. The maximum absolute atomic E-state index is 6.05. The Kier molecular flexibility index (Phi) is 7.71. The van der Waals surface area contributed by atoms with Crippen molar-refractivity contribution in [2.45, 2.75) is 52.1 Å². The van der Waals surface area contributed by atoms with Gasteiger partial charge in [-0.15, -0.1) is 0 Å². The highest BCUT2D eigenvalue weighted by atomic mass is 127. The second-order valence-electron chi connectivity index (χ2n) is 5.01. The van der Waals surface area contributed by atoms with E-state index in [9.17, 15) is 0 Å². The summed E-state index contributed by atoms with van der Waals surface area (Å²) >= 11 is 2.28. The maximum Gasteiger partial charge on any atom is 0.0704 e. The standard InChI is InChI=1S/C14H25IO2/c1-3-16-11-12-17-13(7-6-10-15)14(2)8-4-5-9-14/h6,10,13H,3-5,7-9,11-12H2,1-2H3. The number of halogens is 1. The zero-order chi connectivity index (χ0) is 12.6. The Bertz CT molecular complexity index is 222. The molecular weight excluding hydrogens is 327 g/mol. The second-order valence-corrected chi connectivity index (χ2v) is 5.73. The van der Waals surface area contributed by atoms with Crippen molar-refractivity contribution in [3.63, 3.8) is 0 Å². The normalized spacial score (nSPS) is 21.1. The van der Waals surface area contributed by atoms with Crippen LogP contribution in [0.3, 0.4) is 0 Å². The minimum atomic E-state index is 0.358. The average Bonchev–Trinajstić information content (AvgIpc) is 2.76. The van der Waals surface area contributed by atoms with Crippen molar-refractivity contribution in [2.75, 3.05) is 19.8 Å². The van der Waals surface area contributed by atoms with Gasteiger partial charge in [-0.25, -0.2) is 0 Å². The molecule has 0 radical (unpaired) electrons. The first-order valence-corrected chi connectivity index (χ1v) is 7.92. The van der Waals surface area contributed by atoms with Gasteiger partial charge in [0.1, 0.15) is 0 Å². The molecule has 1 aliphatic carbocycles. The van der Waals surface area contributed by atoms with Gasteiger partial charge in [0.15, 0.2) is 0 Å². The number of hydrogen-bond acceptors (Lipinski definition) is 2. The van der Waals surface area contributed by atoms with Crippen LogP contribution in [0.15, 0.2) is 10.2 Å². The summed E-state index contributed by atoms with van der Waals surface area (Å²) in [5.74, 6) is 0. The fourth-order valence-corrected chi connectivity index (χ4v) is 2.92. The Morgan fingerprint density at radius 3 is 2.59 bits per heavy atom. The van der Waals surface area contributed by atoms with Gasteiger partial charge in [-0.2, -0.15) is 0 Å². The summed E-state index contributed by atoms with van der Waals surface area (Å²) in [5.41, 5.74) is 0.377. The van der Waals surface area contributed by atoms with E-state index >= 15 is 0 Å². The van der Waals surface area contributed by atoms with Gasteiger partial charge in [0.2, 0.25) is 0 Å². The van der Waals surface area contributed by atoms with Crippen LogP contribution in [-0.2, 0) is 9.47 Å². The third kappa shape index (κ3) is 5.26. The Labute approximate surface area is 119 Å². The van der Waals surface area contributed by atoms with E-state index in [1.54, 1.807) is 0 Å². The zero-order valence-corrected chi connectivity index (χ0v) is 13.2. The van der Waals surface area contributed by atoms with E-state index in [1.165, 1.54) is 25.7 Å². The van der Waals surface area contributed by atoms with Crippen molar-refractivity contribution < 1.29 is 9.47 Å². The zero-order valence-electron chi connectivity index (χ0n) is 11.1. The van der Waals surface area contributed by atoms with Gasteiger partial charge >= 0.3 is 0 Å². The summed E-state index contributed by atoms with van der Waals surface area (Å²) in [6.45, 7) is 6.63. The monoisotopic (exact) mass is 352 g/mol. The lowest BCUT2D eigenvalue weighted by Crippen LogP contribution is -2.33. The molecule has 1 rings (SSSR count). The number of hydrogen-bond donors (Lipinski definition) is 0. The predicted octanol–water partition coefficient (Wildman–Crippen LogP) is 4.33. The molecular formula is C14H25IO2. The predicted molar refractivity (Wildman–Crippen MR) is 80.6 cm³/mol.